The van der Waals surface area contributed by atoms with Crippen molar-refractivity contribution in [2.45, 2.75) is 24.9 Å². The van der Waals surface area contributed by atoms with Crippen molar-refractivity contribution in [1.82, 2.24) is 0 Å². The zero-order valence-corrected chi connectivity index (χ0v) is 14.9. The van der Waals surface area contributed by atoms with E-state index in [1.807, 2.05) is 24.3 Å². The summed E-state index contributed by atoms with van der Waals surface area (Å²) in [6.07, 6.45) is 1.81. The Morgan fingerprint density at radius 2 is 1.78 bits per heavy atom. The van der Waals surface area contributed by atoms with E-state index in [1.54, 1.807) is 18.2 Å². The monoisotopic (exact) mass is 370 g/mol. The van der Waals surface area contributed by atoms with Crippen molar-refractivity contribution in [3.05, 3.63) is 71.7 Å². The third-order valence-electron chi connectivity index (χ3n) is 4.55. The molecule has 2 aromatic rings. The van der Waals surface area contributed by atoms with Gasteiger partial charge >= 0.3 is 0 Å². The Bertz CT molecular complexity index is 820. The summed E-state index contributed by atoms with van der Waals surface area (Å²) in [4.78, 5) is 12.2. The number of carbonyl (C=O) groups excluding carboxylic acids is 1. The maximum absolute atomic E-state index is 13.2. The van der Waals surface area contributed by atoms with Gasteiger partial charge in [-0.3, -0.25) is 4.79 Å². The molecule has 0 spiro atoms. The molecule has 2 aromatic carbocycles. The number of hydrogen-bond donors (Lipinski definition) is 4. The van der Waals surface area contributed by atoms with Crippen LogP contribution in [0.3, 0.4) is 0 Å². The van der Waals surface area contributed by atoms with Gasteiger partial charge in [-0.15, -0.1) is 0 Å². The van der Waals surface area contributed by atoms with E-state index < -0.39 is 6.10 Å². The zero-order valence-electron chi connectivity index (χ0n) is 14.9. The molecule has 5 nitrogen and oxygen atoms in total. The first-order valence-corrected chi connectivity index (χ1v) is 8.93. The Morgan fingerprint density at radius 3 is 2.48 bits per heavy atom. The van der Waals surface area contributed by atoms with Crippen LogP contribution in [0.4, 0.5) is 15.8 Å². The van der Waals surface area contributed by atoms with Gasteiger partial charge in [0.1, 0.15) is 5.82 Å². The van der Waals surface area contributed by atoms with Crippen LogP contribution < -0.4 is 10.6 Å². The minimum absolute atomic E-state index is 0.00179. The number of halogens is 1. The Labute approximate surface area is 157 Å². The summed E-state index contributed by atoms with van der Waals surface area (Å²) in [5.41, 5.74) is 3.27. The highest BCUT2D eigenvalue weighted by atomic mass is 19.1. The van der Waals surface area contributed by atoms with Crippen molar-refractivity contribution in [2.24, 2.45) is 0 Å². The van der Waals surface area contributed by atoms with E-state index in [9.17, 15) is 14.3 Å². The van der Waals surface area contributed by atoms with Gasteiger partial charge in [-0.1, -0.05) is 24.3 Å². The normalized spacial score (nSPS) is 18.0. The predicted octanol–water partition coefficient (Wildman–Crippen LogP) is 3.03. The summed E-state index contributed by atoms with van der Waals surface area (Å²) in [7, 11) is 0. The fourth-order valence-electron chi connectivity index (χ4n) is 3.16. The Morgan fingerprint density at radius 1 is 1.07 bits per heavy atom. The molecule has 1 aliphatic rings. The van der Waals surface area contributed by atoms with E-state index in [0.29, 0.717) is 12.8 Å². The first-order valence-electron chi connectivity index (χ1n) is 8.93. The highest BCUT2D eigenvalue weighted by molar-refractivity contribution is 5.93. The summed E-state index contributed by atoms with van der Waals surface area (Å²) in [5, 5.41) is 24.9. The number of hydrogen-bond acceptors (Lipinski definition) is 5. The van der Waals surface area contributed by atoms with Crippen molar-refractivity contribution in [2.75, 3.05) is 23.8 Å². The quantitative estimate of drug-likeness (QED) is 0.602. The molecule has 2 atom stereocenters. The van der Waals surface area contributed by atoms with Crippen molar-refractivity contribution in [1.29, 1.82) is 0 Å². The Balaban J connectivity index is 1.73. The highest BCUT2D eigenvalue weighted by Gasteiger charge is 2.22. The van der Waals surface area contributed by atoms with Gasteiger partial charge in [0.15, 0.2) is 5.78 Å². The lowest BCUT2D eigenvalue weighted by molar-refractivity contribution is -0.115. The summed E-state index contributed by atoms with van der Waals surface area (Å²) in [6.45, 7) is -0.104. The third-order valence-corrected chi connectivity index (χ3v) is 4.55. The molecule has 0 aliphatic heterocycles. The smallest absolute Gasteiger partial charge is 0.158 e. The second kappa shape index (κ2) is 8.79. The third kappa shape index (κ3) is 5.15. The average Bonchev–Trinajstić information content (AvgIpc) is 2.67. The minimum Gasteiger partial charge on any atom is -0.394 e. The second-order valence-corrected chi connectivity index (χ2v) is 6.68. The molecule has 3 rings (SSSR count). The number of rotatable bonds is 7. The van der Waals surface area contributed by atoms with E-state index in [0.717, 1.165) is 22.6 Å². The van der Waals surface area contributed by atoms with Gasteiger partial charge in [0.2, 0.25) is 0 Å². The lowest BCUT2D eigenvalue weighted by atomic mass is 9.85. The van der Waals surface area contributed by atoms with Gasteiger partial charge in [0, 0.05) is 24.7 Å². The van der Waals surface area contributed by atoms with Gasteiger partial charge in [-0.2, -0.15) is 0 Å². The van der Waals surface area contributed by atoms with Crippen molar-refractivity contribution < 1.29 is 19.4 Å². The van der Waals surface area contributed by atoms with E-state index >= 15 is 0 Å². The van der Waals surface area contributed by atoms with Crippen LogP contribution in [-0.2, 0) is 4.79 Å². The molecule has 0 aromatic heterocycles. The molecule has 0 bridgehead atoms. The number of aliphatic hydroxyl groups is 2. The number of nitrogens with one attached hydrogen (secondary N) is 2. The van der Waals surface area contributed by atoms with Crippen LogP contribution in [0.2, 0.25) is 0 Å². The molecule has 0 amide bonds. The number of para-hydroxylation sites is 2. The van der Waals surface area contributed by atoms with Crippen LogP contribution in [-0.4, -0.2) is 35.3 Å². The number of anilines is 2. The molecule has 27 heavy (non-hydrogen) atoms. The van der Waals surface area contributed by atoms with Crippen molar-refractivity contribution in [3.63, 3.8) is 0 Å². The molecule has 0 fully saturated rings. The molecule has 4 N–H and O–H groups in total. The Hall–Kier alpha value is -2.70. The first-order chi connectivity index (χ1) is 13.0. The summed E-state index contributed by atoms with van der Waals surface area (Å²) < 4.78 is 13.2. The molecule has 6 heteroatoms. The van der Waals surface area contributed by atoms with Crippen molar-refractivity contribution in [3.8, 4) is 0 Å². The molecule has 0 heterocycles. The lowest BCUT2D eigenvalue weighted by Gasteiger charge is -2.24. The van der Waals surface area contributed by atoms with E-state index in [1.165, 1.54) is 12.1 Å². The molecular formula is C21H23FN2O3. The van der Waals surface area contributed by atoms with Crippen LogP contribution in [0.25, 0.3) is 0 Å². The predicted molar refractivity (Wildman–Crippen MR) is 103 cm³/mol. The number of allylic oxidation sites excluding steroid dienone is 2. The number of carbonyl (C=O) groups is 1. The SMILES string of the molecule is O=C1C=C(Nc2ccccc2NCC(O)CO)CC(c2ccc(F)cc2)C1. The van der Waals surface area contributed by atoms with Gasteiger partial charge in [0.05, 0.1) is 24.1 Å². The second-order valence-electron chi connectivity index (χ2n) is 6.68. The molecule has 0 saturated heterocycles. The van der Waals surface area contributed by atoms with Crippen LogP contribution in [0, 0.1) is 5.82 Å². The fourth-order valence-corrected chi connectivity index (χ4v) is 3.16. The maximum atomic E-state index is 13.2. The van der Waals surface area contributed by atoms with Crippen LogP contribution in [0.15, 0.2) is 60.3 Å². The standard InChI is InChI=1S/C21H23FN2O3/c22-16-7-5-14(6-8-16)15-9-17(11-18(26)10-15)24-21-4-2-1-3-20(21)23-12-19(27)13-25/h1-8,11,15,19,23-25,27H,9-10,12-13H2. The number of ketones is 1. The lowest BCUT2D eigenvalue weighted by Crippen LogP contribution is -2.23. The largest absolute Gasteiger partial charge is 0.394 e. The number of aliphatic hydroxyl groups excluding tert-OH is 2. The fraction of sp³-hybridized carbons (Fsp3) is 0.286. The minimum atomic E-state index is -0.851. The van der Waals surface area contributed by atoms with E-state index in [-0.39, 0.29) is 30.7 Å². The summed E-state index contributed by atoms with van der Waals surface area (Å²) in [5.74, 6) is -0.263. The Kier molecular flexibility index (Phi) is 6.21. The average molecular weight is 370 g/mol. The summed E-state index contributed by atoms with van der Waals surface area (Å²) >= 11 is 0. The number of benzene rings is 2. The highest BCUT2D eigenvalue weighted by Crippen LogP contribution is 2.33. The van der Waals surface area contributed by atoms with E-state index in [2.05, 4.69) is 10.6 Å². The molecule has 0 saturated carbocycles. The van der Waals surface area contributed by atoms with Crippen LogP contribution >= 0.6 is 0 Å². The topological polar surface area (TPSA) is 81.6 Å². The molecule has 1 aliphatic carbocycles. The first kappa shape index (κ1) is 19.1. The van der Waals surface area contributed by atoms with Gasteiger partial charge < -0.3 is 20.8 Å². The molecular weight excluding hydrogens is 347 g/mol. The maximum Gasteiger partial charge on any atom is 0.158 e. The van der Waals surface area contributed by atoms with Crippen LogP contribution in [0.1, 0.15) is 24.3 Å². The van der Waals surface area contributed by atoms with Gasteiger partial charge in [-0.05, 0) is 42.2 Å². The van der Waals surface area contributed by atoms with E-state index in [4.69, 9.17) is 5.11 Å². The van der Waals surface area contributed by atoms with Crippen molar-refractivity contribution >= 4 is 17.2 Å². The summed E-state index contributed by atoms with van der Waals surface area (Å²) in [6, 6.07) is 13.7. The van der Waals surface area contributed by atoms with Gasteiger partial charge in [-0.25, -0.2) is 4.39 Å². The molecule has 142 valence electrons. The van der Waals surface area contributed by atoms with Crippen LogP contribution in [0.5, 0.6) is 0 Å². The molecule has 0 radical (unpaired) electrons. The molecule has 2 unspecified atom stereocenters. The zero-order chi connectivity index (χ0) is 19.2. The van der Waals surface area contributed by atoms with Gasteiger partial charge in [0.25, 0.3) is 0 Å².